The molecule has 1 aliphatic rings. The zero-order chi connectivity index (χ0) is 16.5. The molecule has 0 radical (unpaired) electrons. The number of hydrogen-bond acceptors (Lipinski definition) is 3. The molecule has 0 spiro atoms. The standard InChI is InChI=1S/C17H24N2O3/c1-10-8-14(22-5)11(17(2,3)4)9-13(10)19-16(21)12-6-7-15(20)18-12/h8-9,12H,6-7H2,1-5H3,(H,18,20)(H,19,21). The summed E-state index contributed by atoms with van der Waals surface area (Å²) in [7, 11) is 1.65. The van der Waals surface area contributed by atoms with Crippen molar-refractivity contribution in [1.82, 2.24) is 5.32 Å². The van der Waals surface area contributed by atoms with Crippen molar-refractivity contribution in [3.63, 3.8) is 0 Å². The largest absolute Gasteiger partial charge is 0.496 e. The number of carbonyl (C=O) groups is 2. The Kier molecular flexibility index (Phi) is 4.44. The summed E-state index contributed by atoms with van der Waals surface area (Å²) < 4.78 is 5.46. The van der Waals surface area contributed by atoms with Gasteiger partial charge in [0.25, 0.3) is 0 Å². The lowest BCUT2D eigenvalue weighted by atomic mass is 9.85. The van der Waals surface area contributed by atoms with Crippen molar-refractivity contribution in [2.45, 2.75) is 52.0 Å². The molecule has 0 aromatic heterocycles. The first-order valence-electron chi connectivity index (χ1n) is 7.51. The first-order chi connectivity index (χ1) is 10.2. The Morgan fingerprint density at radius 1 is 1.36 bits per heavy atom. The summed E-state index contributed by atoms with van der Waals surface area (Å²) in [5.41, 5.74) is 2.63. The van der Waals surface area contributed by atoms with Crippen molar-refractivity contribution in [3.8, 4) is 5.75 Å². The number of anilines is 1. The van der Waals surface area contributed by atoms with Gasteiger partial charge in [0.1, 0.15) is 11.8 Å². The van der Waals surface area contributed by atoms with Crippen molar-refractivity contribution in [3.05, 3.63) is 23.3 Å². The molecule has 1 unspecified atom stereocenters. The molecule has 1 heterocycles. The fourth-order valence-electron chi connectivity index (χ4n) is 2.60. The normalized spacial score (nSPS) is 18.0. The third-order valence-electron chi connectivity index (χ3n) is 3.92. The summed E-state index contributed by atoms with van der Waals surface area (Å²) >= 11 is 0. The minimum Gasteiger partial charge on any atom is -0.496 e. The van der Waals surface area contributed by atoms with Gasteiger partial charge in [0.2, 0.25) is 11.8 Å². The van der Waals surface area contributed by atoms with Gasteiger partial charge in [-0.15, -0.1) is 0 Å². The van der Waals surface area contributed by atoms with E-state index >= 15 is 0 Å². The van der Waals surface area contributed by atoms with Crippen LogP contribution in [0, 0.1) is 6.92 Å². The maximum absolute atomic E-state index is 12.3. The Balaban J connectivity index is 2.27. The van der Waals surface area contributed by atoms with Crippen LogP contribution in [-0.2, 0) is 15.0 Å². The van der Waals surface area contributed by atoms with E-state index in [0.717, 1.165) is 22.6 Å². The lowest BCUT2D eigenvalue weighted by Gasteiger charge is -2.24. The summed E-state index contributed by atoms with van der Waals surface area (Å²) in [6.07, 6.45) is 0.957. The number of rotatable bonds is 3. The van der Waals surface area contributed by atoms with Crippen LogP contribution in [0.15, 0.2) is 12.1 Å². The quantitative estimate of drug-likeness (QED) is 0.901. The van der Waals surface area contributed by atoms with E-state index in [0.29, 0.717) is 12.8 Å². The SMILES string of the molecule is COc1cc(C)c(NC(=O)C2CCC(=O)N2)cc1C(C)(C)C. The molecular formula is C17H24N2O3. The van der Waals surface area contributed by atoms with E-state index in [9.17, 15) is 9.59 Å². The number of hydrogen-bond donors (Lipinski definition) is 2. The number of amides is 2. The first-order valence-corrected chi connectivity index (χ1v) is 7.51. The van der Waals surface area contributed by atoms with Gasteiger partial charge in [-0.25, -0.2) is 0 Å². The Hall–Kier alpha value is -2.04. The van der Waals surface area contributed by atoms with Gasteiger partial charge in [-0.2, -0.15) is 0 Å². The van der Waals surface area contributed by atoms with Crippen LogP contribution in [0.1, 0.15) is 44.7 Å². The molecule has 1 aromatic rings. The third kappa shape index (κ3) is 3.40. The Bertz CT molecular complexity index is 603. The maximum atomic E-state index is 12.3. The molecular weight excluding hydrogens is 280 g/mol. The van der Waals surface area contributed by atoms with Gasteiger partial charge in [0.05, 0.1) is 7.11 Å². The van der Waals surface area contributed by atoms with Crippen LogP contribution in [0.25, 0.3) is 0 Å². The van der Waals surface area contributed by atoms with E-state index in [1.54, 1.807) is 7.11 Å². The number of ether oxygens (including phenoxy) is 1. The molecule has 120 valence electrons. The highest BCUT2D eigenvalue weighted by Gasteiger charge is 2.28. The molecule has 0 bridgehead atoms. The van der Waals surface area contributed by atoms with E-state index in [2.05, 4.69) is 31.4 Å². The summed E-state index contributed by atoms with van der Waals surface area (Å²) in [5, 5.41) is 5.61. The van der Waals surface area contributed by atoms with Crippen LogP contribution in [-0.4, -0.2) is 25.0 Å². The van der Waals surface area contributed by atoms with Gasteiger partial charge in [-0.1, -0.05) is 20.8 Å². The van der Waals surface area contributed by atoms with Gasteiger partial charge in [0.15, 0.2) is 0 Å². The van der Waals surface area contributed by atoms with Gasteiger partial charge in [0, 0.05) is 17.7 Å². The van der Waals surface area contributed by atoms with Crippen LogP contribution in [0.4, 0.5) is 5.69 Å². The lowest BCUT2D eigenvalue weighted by molar-refractivity contribution is -0.122. The molecule has 2 rings (SSSR count). The molecule has 1 aliphatic heterocycles. The Morgan fingerprint density at radius 2 is 2.05 bits per heavy atom. The van der Waals surface area contributed by atoms with Crippen molar-refractivity contribution < 1.29 is 14.3 Å². The second-order valence-corrected chi connectivity index (χ2v) is 6.77. The van der Waals surface area contributed by atoms with E-state index in [4.69, 9.17) is 4.74 Å². The predicted octanol–water partition coefficient (Wildman–Crippen LogP) is 2.52. The highest BCUT2D eigenvalue weighted by molar-refractivity contribution is 5.99. The zero-order valence-corrected chi connectivity index (χ0v) is 13.9. The van der Waals surface area contributed by atoms with E-state index in [1.807, 2.05) is 19.1 Å². The Morgan fingerprint density at radius 3 is 2.55 bits per heavy atom. The van der Waals surface area contributed by atoms with E-state index in [-0.39, 0.29) is 17.2 Å². The molecule has 1 aromatic carbocycles. The molecule has 1 fully saturated rings. The molecule has 22 heavy (non-hydrogen) atoms. The average Bonchev–Trinajstić information content (AvgIpc) is 2.86. The van der Waals surface area contributed by atoms with E-state index in [1.165, 1.54) is 0 Å². The molecule has 2 amide bonds. The molecule has 0 aliphatic carbocycles. The van der Waals surface area contributed by atoms with Crippen molar-refractivity contribution in [1.29, 1.82) is 0 Å². The van der Waals surface area contributed by atoms with E-state index < -0.39 is 6.04 Å². The van der Waals surface area contributed by atoms with Crippen LogP contribution in [0.3, 0.4) is 0 Å². The summed E-state index contributed by atoms with van der Waals surface area (Å²) in [6.45, 7) is 8.23. The summed E-state index contributed by atoms with van der Waals surface area (Å²) in [6, 6.07) is 3.46. The minimum atomic E-state index is -0.438. The number of nitrogens with one attached hydrogen (secondary N) is 2. The van der Waals surface area contributed by atoms with Crippen LogP contribution in [0.2, 0.25) is 0 Å². The van der Waals surface area contributed by atoms with Gasteiger partial charge < -0.3 is 15.4 Å². The Labute approximate surface area is 131 Å². The molecule has 0 saturated carbocycles. The maximum Gasteiger partial charge on any atom is 0.246 e. The monoisotopic (exact) mass is 304 g/mol. The summed E-state index contributed by atoms with van der Waals surface area (Å²) in [4.78, 5) is 23.5. The van der Waals surface area contributed by atoms with Gasteiger partial charge in [-0.3, -0.25) is 9.59 Å². The zero-order valence-electron chi connectivity index (χ0n) is 13.9. The smallest absolute Gasteiger partial charge is 0.246 e. The first kappa shape index (κ1) is 16.3. The second kappa shape index (κ2) is 5.99. The number of methoxy groups -OCH3 is 1. The van der Waals surface area contributed by atoms with Crippen molar-refractivity contribution in [2.24, 2.45) is 0 Å². The van der Waals surface area contributed by atoms with Crippen LogP contribution < -0.4 is 15.4 Å². The fraction of sp³-hybridized carbons (Fsp3) is 0.529. The fourth-order valence-corrected chi connectivity index (χ4v) is 2.60. The predicted molar refractivity (Wildman–Crippen MR) is 86.2 cm³/mol. The lowest BCUT2D eigenvalue weighted by Crippen LogP contribution is -2.37. The number of benzene rings is 1. The molecule has 1 atom stereocenters. The van der Waals surface area contributed by atoms with Crippen LogP contribution in [0.5, 0.6) is 5.75 Å². The van der Waals surface area contributed by atoms with Gasteiger partial charge in [-0.05, 0) is 36.5 Å². The van der Waals surface area contributed by atoms with Gasteiger partial charge >= 0.3 is 0 Å². The van der Waals surface area contributed by atoms with Crippen LogP contribution >= 0.6 is 0 Å². The minimum absolute atomic E-state index is 0.0676. The molecule has 1 saturated heterocycles. The number of carbonyl (C=O) groups excluding carboxylic acids is 2. The number of aryl methyl sites for hydroxylation is 1. The second-order valence-electron chi connectivity index (χ2n) is 6.77. The highest BCUT2D eigenvalue weighted by Crippen LogP contribution is 2.35. The molecule has 5 heteroatoms. The molecule has 5 nitrogen and oxygen atoms in total. The molecule has 2 N–H and O–H groups in total. The highest BCUT2D eigenvalue weighted by atomic mass is 16.5. The summed E-state index contributed by atoms with van der Waals surface area (Å²) in [5.74, 6) is 0.582. The topological polar surface area (TPSA) is 67.4 Å². The van der Waals surface area contributed by atoms with Crippen molar-refractivity contribution in [2.75, 3.05) is 12.4 Å². The average molecular weight is 304 g/mol. The van der Waals surface area contributed by atoms with Crippen molar-refractivity contribution >= 4 is 17.5 Å². The third-order valence-corrected chi connectivity index (χ3v) is 3.92.